The summed E-state index contributed by atoms with van der Waals surface area (Å²) >= 11 is 5.90. The van der Waals surface area contributed by atoms with Gasteiger partial charge in [-0.1, -0.05) is 35.9 Å². The molecule has 1 amide bonds. The maximum Gasteiger partial charge on any atom is 0.227 e. The second kappa shape index (κ2) is 6.03. The van der Waals surface area contributed by atoms with Gasteiger partial charge in [-0.25, -0.2) is 0 Å². The van der Waals surface area contributed by atoms with Gasteiger partial charge in [0.05, 0.1) is 5.92 Å². The third kappa shape index (κ3) is 3.59. The Labute approximate surface area is 112 Å². The highest BCUT2D eigenvalue weighted by Gasteiger charge is 2.21. The van der Waals surface area contributed by atoms with Crippen molar-refractivity contribution < 1.29 is 4.79 Å². The van der Waals surface area contributed by atoms with Gasteiger partial charge < -0.3 is 11.1 Å². The van der Waals surface area contributed by atoms with E-state index in [1.54, 1.807) is 0 Å². The molecular formula is C14H17ClN2O. The van der Waals surface area contributed by atoms with E-state index in [9.17, 15) is 4.79 Å². The summed E-state index contributed by atoms with van der Waals surface area (Å²) in [7, 11) is 0. The molecule has 2 rings (SSSR count). The number of carbonyl (C=O) groups is 1. The zero-order chi connectivity index (χ0) is 13.0. The number of nitrogens with one attached hydrogen (secondary N) is 1. The van der Waals surface area contributed by atoms with Crippen molar-refractivity contribution in [1.29, 1.82) is 0 Å². The van der Waals surface area contributed by atoms with Gasteiger partial charge in [0.15, 0.2) is 0 Å². The summed E-state index contributed by atoms with van der Waals surface area (Å²) < 4.78 is 0. The first-order valence-corrected chi connectivity index (χ1v) is 6.49. The first-order valence-electron chi connectivity index (χ1n) is 6.11. The predicted octanol–water partition coefficient (Wildman–Crippen LogP) is 1.90. The van der Waals surface area contributed by atoms with Crippen LogP contribution in [-0.4, -0.2) is 18.5 Å². The maximum absolute atomic E-state index is 11.8. The summed E-state index contributed by atoms with van der Waals surface area (Å²) in [4.78, 5) is 11.8. The summed E-state index contributed by atoms with van der Waals surface area (Å²) in [5, 5.41) is 3.65. The van der Waals surface area contributed by atoms with Crippen LogP contribution < -0.4 is 11.1 Å². The molecule has 0 fully saturated rings. The van der Waals surface area contributed by atoms with E-state index in [1.807, 2.05) is 36.4 Å². The highest BCUT2D eigenvalue weighted by atomic mass is 35.5. The van der Waals surface area contributed by atoms with Crippen LogP contribution in [0.5, 0.6) is 0 Å². The van der Waals surface area contributed by atoms with E-state index in [0.717, 1.165) is 17.0 Å². The van der Waals surface area contributed by atoms with Gasteiger partial charge in [-0.15, -0.1) is 0 Å². The first-order chi connectivity index (χ1) is 8.65. The lowest BCUT2D eigenvalue weighted by molar-refractivity contribution is -0.123. The highest BCUT2D eigenvalue weighted by molar-refractivity contribution is 6.30. The number of benzene rings is 1. The van der Waals surface area contributed by atoms with Crippen molar-refractivity contribution in [2.45, 2.75) is 18.9 Å². The van der Waals surface area contributed by atoms with Crippen molar-refractivity contribution in [3.8, 4) is 0 Å². The predicted molar refractivity (Wildman–Crippen MR) is 73.4 cm³/mol. The van der Waals surface area contributed by atoms with Crippen LogP contribution in [0.1, 0.15) is 12.0 Å². The van der Waals surface area contributed by atoms with Gasteiger partial charge in [-0.2, -0.15) is 0 Å². The molecule has 18 heavy (non-hydrogen) atoms. The molecule has 1 aromatic carbocycles. The van der Waals surface area contributed by atoms with E-state index >= 15 is 0 Å². The lowest BCUT2D eigenvalue weighted by Gasteiger charge is -2.10. The fourth-order valence-electron chi connectivity index (χ4n) is 2.08. The lowest BCUT2D eigenvalue weighted by Crippen LogP contribution is -2.32. The number of hydrogen-bond donors (Lipinski definition) is 2. The van der Waals surface area contributed by atoms with Gasteiger partial charge in [0.2, 0.25) is 5.91 Å². The fourth-order valence-corrected chi connectivity index (χ4v) is 2.29. The molecule has 96 valence electrons. The smallest absolute Gasteiger partial charge is 0.227 e. The lowest BCUT2D eigenvalue weighted by atomic mass is 10.1. The van der Waals surface area contributed by atoms with Crippen LogP contribution in [0.4, 0.5) is 0 Å². The quantitative estimate of drug-likeness (QED) is 0.816. The van der Waals surface area contributed by atoms with Crippen LogP contribution in [0.3, 0.4) is 0 Å². The summed E-state index contributed by atoms with van der Waals surface area (Å²) in [6, 6.07) is 7.70. The van der Waals surface area contributed by atoms with Gasteiger partial charge in [-0.3, -0.25) is 4.79 Å². The Morgan fingerprint density at radius 1 is 1.44 bits per heavy atom. The van der Waals surface area contributed by atoms with Crippen molar-refractivity contribution in [3.63, 3.8) is 0 Å². The summed E-state index contributed by atoms with van der Waals surface area (Å²) in [5.41, 5.74) is 6.84. The molecule has 2 unspecified atom stereocenters. The maximum atomic E-state index is 11.8. The molecule has 0 spiro atoms. The summed E-state index contributed by atoms with van der Waals surface area (Å²) in [5.74, 6) is -0.0133. The summed E-state index contributed by atoms with van der Waals surface area (Å²) in [6.07, 6.45) is 5.28. The zero-order valence-electron chi connectivity index (χ0n) is 10.1. The van der Waals surface area contributed by atoms with Crippen molar-refractivity contribution in [2.75, 3.05) is 6.54 Å². The third-order valence-corrected chi connectivity index (χ3v) is 3.29. The molecule has 4 heteroatoms. The number of rotatable bonds is 4. The van der Waals surface area contributed by atoms with Gasteiger partial charge in [0, 0.05) is 17.6 Å². The van der Waals surface area contributed by atoms with Crippen LogP contribution in [0.25, 0.3) is 0 Å². The minimum atomic E-state index is -0.0700. The second-order valence-corrected chi connectivity index (χ2v) is 5.00. The third-order valence-electron chi connectivity index (χ3n) is 3.06. The van der Waals surface area contributed by atoms with E-state index < -0.39 is 0 Å². The van der Waals surface area contributed by atoms with Crippen LogP contribution in [0.2, 0.25) is 5.02 Å². The molecule has 0 aromatic heterocycles. The Morgan fingerprint density at radius 2 is 2.28 bits per heavy atom. The molecule has 3 N–H and O–H groups in total. The minimum Gasteiger partial charge on any atom is -0.355 e. The van der Waals surface area contributed by atoms with Gasteiger partial charge in [0.1, 0.15) is 0 Å². The molecule has 1 aliphatic carbocycles. The standard InChI is InChI=1S/C14H17ClN2O/c15-12-3-1-2-10(8-12)6-7-17-14(18)11-4-5-13(16)9-11/h1-5,8,11,13H,6-7,9,16H2,(H,17,18). The molecule has 0 bridgehead atoms. The van der Waals surface area contributed by atoms with Crippen molar-refractivity contribution in [1.82, 2.24) is 5.32 Å². The van der Waals surface area contributed by atoms with Crippen molar-refractivity contribution in [2.24, 2.45) is 11.7 Å². The van der Waals surface area contributed by atoms with Crippen LogP contribution >= 0.6 is 11.6 Å². The van der Waals surface area contributed by atoms with Gasteiger partial charge in [-0.05, 0) is 30.5 Å². The molecule has 1 aromatic rings. The Kier molecular flexibility index (Phi) is 4.39. The van der Waals surface area contributed by atoms with E-state index in [0.29, 0.717) is 13.0 Å². The summed E-state index contributed by atoms with van der Waals surface area (Å²) in [6.45, 7) is 0.624. The molecule has 0 heterocycles. The van der Waals surface area contributed by atoms with E-state index in [-0.39, 0.29) is 17.9 Å². The van der Waals surface area contributed by atoms with E-state index in [4.69, 9.17) is 17.3 Å². The number of carbonyl (C=O) groups excluding carboxylic acids is 1. The fraction of sp³-hybridized carbons (Fsp3) is 0.357. The molecule has 3 nitrogen and oxygen atoms in total. The topological polar surface area (TPSA) is 55.1 Å². The van der Waals surface area contributed by atoms with Gasteiger partial charge in [0.25, 0.3) is 0 Å². The number of amides is 1. The molecule has 0 aliphatic heterocycles. The number of nitrogens with two attached hydrogens (primary N) is 1. The Balaban J connectivity index is 1.75. The first kappa shape index (κ1) is 13.1. The minimum absolute atomic E-state index is 0.0219. The Bertz CT molecular complexity index is 459. The van der Waals surface area contributed by atoms with Crippen LogP contribution in [0.15, 0.2) is 36.4 Å². The SMILES string of the molecule is NC1C=CC(C(=O)NCCc2cccc(Cl)c2)C1. The molecule has 1 aliphatic rings. The van der Waals surface area contributed by atoms with Crippen molar-refractivity contribution >= 4 is 17.5 Å². The zero-order valence-corrected chi connectivity index (χ0v) is 10.9. The van der Waals surface area contributed by atoms with Crippen LogP contribution in [0, 0.1) is 5.92 Å². The Morgan fingerprint density at radius 3 is 2.94 bits per heavy atom. The highest BCUT2D eigenvalue weighted by Crippen LogP contribution is 2.16. The van der Waals surface area contributed by atoms with Crippen molar-refractivity contribution in [3.05, 3.63) is 47.0 Å². The largest absolute Gasteiger partial charge is 0.355 e. The molecule has 0 radical (unpaired) electrons. The molecule has 0 saturated carbocycles. The average molecular weight is 265 g/mol. The van der Waals surface area contributed by atoms with Gasteiger partial charge >= 0.3 is 0 Å². The monoisotopic (exact) mass is 264 g/mol. The normalized spacial score (nSPS) is 22.1. The van der Waals surface area contributed by atoms with Crippen LogP contribution in [-0.2, 0) is 11.2 Å². The number of hydrogen-bond acceptors (Lipinski definition) is 2. The van der Waals surface area contributed by atoms with E-state index in [2.05, 4.69) is 5.32 Å². The molecule has 2 atom stereocenters. The molecular weight excluding hydrogens is 248 g/mol. The van der Waals surface area contributed by atoms with E-state index in [1.165, 1.54) is 0 Å². The number of halogens is 1. The second-order valence-electron chi connectivity index (χ2n) is 4.56. The molecule has 0 saturated heterocycles. The average Bonchev–Trinajstić information content (AvgIpc) is 2.76. The Hall–Kier alpha value is -1.32.